The zero-order valence-corrected chi connectivity index (χ0v) is 87.9. The molecule has 15 rings (SSSR count). The van der Waals surface area contributed by atoms with E-state index in [1.807, 2.05) is 121 Å². The van der Waals surface area contributed by atoms with Gasteiger partial charge in [0.05, 0.1) is 83.0 Å². The van der Waals surface area contributed by atoms with Crippen LogP contribution in [0, 0.1) is 36.4 Å². The van der Waals surface area contributed by atoms with Crippen molar-refractivity contribution in [1.82, 2.24) is 69.0 Å². The molecule has 0 aliphatic heterocycles. The number of hydrogen-bond donors (Lipinski definition) is 8. The van der Waals surface area contributed by atoms with E-state index in [9.17, 15) is 32.3 Å². The van der Waals surface area contributed by atoms with Gasteiger partial charge in [-0.1, -0.05) is 151 Å². The number of anilines is 2. The van der Waals surface area contributed by atoms with E-state index in [1.54, 1.807) is 44.7 Å². The number of fused-ring (bicyclic) bond motifs is 3. The highest BCUT2D eigenvalue weighted by atomic mass is 33.3. The van der Waals surface area contributed by atoms with Crippen LogP contribution in [0.2, 0.25) is 0 Å². The molecule has 7 aromatic heterocycles. The van der Waals surface area contributed by atoms with E-state index in [4.69, 9.17) is 55.1 Å². The molecular weight excluding hydrogens is 1990 g/mol. The van der Waals surface area contributed by atoms with E-state index in [0.717, 1.165) is 48.9 Å². The topological polar surface area (TPSA) is 377 Å². The van der Waals surface area contributed by atoms with Gasteiger partial charge in [-0.05, 0) is 97.3 Å². The van der Waals surface area contributed by atoms with Crippen molar-refractivity contribution < 1.29 is 51.3 Å². The van der Waals surface area contributed by atoms with Crippen molar-refractivity contribution in [3.63, 3.8) is 0 Å². The Balaban J connectivity index is 0.000000238. The summed E-state index contributed by atoms with van der Waals surface area (Å²) in [6.45, 7) is 16.9. The summed E-state index contributed by atoms with van der Waals surface area (Å²) in [6.07, 6.45) is 3.36. The van der Waals surface area contributed by atoms with Gasteiger partial charge in [-0.15, -0.1) is 98.2 Å². The van der Waals surface area contributed by atoms with Gasteiger partial charge < -0.3 is 52.5 Å². The highest BCUT2D eigenvalue weighted by Gasteiger charge is 2.29. The second-order valence-corrected chi connectivity index (χ2v) is 92.8. The highest BCUT2D eigenvalue weighted by molar-refractivity contribution is 9.22. The Labute approximate surface area is 772 Å². The molecule has 0 aliphatic rings. The molecule has 50 heteroatoms. The maximum Gasteiger partial charge on any atom is 0.373 e. The Morgan fingerprint density at radius 2 is 0.844 bits per heavy atom. The summed E-state index contributed by atoms with van der Waals surface area (Å²) in [5, 5.41) is 28.6. The van der Waals surface area contributed by atoms with E-state index >= 15 is 0 Å². The van der Waals surface area contributed by atoms with E-state index in [-0.39, 0.29) is 110 Å². The van der Waals surface area contributed by atoms with Gasteiger partial charge in [-0.25, -0.2) is 42.2 Å². The minimum atomic E-state index is -0.872. The van der Waals surface area contributed by atoms with Crippen LogP contribution >= 0.6 is 155 Å². The number of carbonyl (C=O) groups is 2. The zero-order valence-electron chi connectivity index (χ0n) is 68.0. The molecule has 14 atom stereocenters. The molecular formula is C78H95F4N20O7P19. The van der Waals surface area contributed by atoms with Crippen molar-refractivity contribution in [2.45, 2.75) is 28.2 Å². The number of nitrogens with zero attached hydrogens (tertiary/aromatic N) is 13. The van der Waals surface area contributed by atoms with Gasteiger partial charge in [0, 0.05) is 74.5 Å². The quantitative estimate of drug-likeness (QED) is 0.0171. The maximum absolute atomic E-state index is 14.0. The number of aromatic nitrogens is 14. The number of benzene rings is 8. The monoisotopic (exact) mass is 2090 g/mol. The standard InChI is InChI=1S/C19H16FN5O2.C19H14FN5O.C18H14FN5O2.C12H14N2.C7H6FN3.CO2.2CH4.H14P12.H9P7/c1-25-16(17(27-2)15(24-25)10-6-4-3-5-7-10)19-22-13-8-11(18(21)26)12(20)9-14(13)23-19;1-21-13-10-15-14(9-12(13)20)22-19(23-15)17-18(26-3)16(24-25(17)2)11-7-5-4-6-8-11;1-24-15(16(25)14(23-24)9-5-3-2-4-6-9)18-21-12-7-10(17(20)26)11(19)8-13(12)22-18;1-3-10-9-14(2)13-12(10)11-7-5-4-6-8-11;1-11-7-3-6(10)5(9)2-4(7)8;2-1-3;;;1-8(2)11(7)12(9(3)4)10(5)6;1-5-7(4)6(2)3/h3-9H,1-2H3,(H2,21,26)(H,22,23);4-10H,2-3H3,(H,22,23);2-8,25H,1H3,(H2,20,26)(H,21,22);4-9H,3H2,1-2H3;2-3H,9-10H2;;2*1H4;1-7H2;5H,1-4H2. The maximum atomic E-state index is 14.0. The summed E-state index contributed by atoms with van der Waals surface area (Å²) in [5.74, 6) is -2.07. The van der Waals surface area contributed by atoms with Crippen molar-refractivity contribution in [3.05, 3.63) is 239 Å². The Bertz CT molecular complexity index is 6390. The lowest BCUT2D eigenvalue weighted by Gasteiger charge is -2.32. The third-order valence-electron chi connectivity index (χ3n) is 17.4. The molecule has 0 bridgehead atoms. The van der Waals surface area contributed by atoms with Crippen LogP contribution in [-0.2, 0) is 44.2 Å². The first-order valence-corrected chi connectivity index (χ1v) is 68.8. The Kier molecular flexibility index (Phi) is 45.2. The van der Waals surface area contributed by atoms with Crippen LogP contribution in [-0.4, -0.2) is 106 Å². The molecule has 2 amide bonds. The number of aromatic hydroxyl groups is 1. The molecule has 0 radical (unpaired) electrons. The number of nitrogen functional groups attached to an aromatic ring is 2. The largest absolute Gasteiger partial charge is 0.504 e. The number of carbonyl (C=O) groups excluding carboxylic acids is 4. The second-order valence-electron chi connectivity index (χ2n) is 25.7. The van der Waals surface area contributed by atoms with Crippen LogP contribution in [0.4, 0.5) is 40.3 Å². The molecule has 0 saturated carbocycles. The van der Waals surface area contributed by atoms with Crippen molar-refractivity contribution in [2.75, 3.05) is 25.7 Å². The lowest BCUT2D eigenvalue weighted by atomic mass is 10.1. The Morgan fingerprint density at radius 3 is 1.19 bits per heavy atom. The number of nitrogens with two attached hydrogens (primary N) is 4. The van der Waals surface area contributed by atoms with Crippen molar-refractivity contribution >= 4 is 229 Å². The molecule has 7 heterocycles. The number of aryl methyl sites for hydroxylation is 5. The van der Waals surface area contributed by atoms with Crippen molar-refractivity contribution in [1.29, 1.82) is 0 Å². The number of primary amides is 2. The lowest BCUT2D eigenvalue weighted by molar-refractivity contribution is -0.191. The second kappa shape index (κ2) is 52.6. The molecule has 27 nitrogen and oxygen atoms in total. The van der Waals surface area contributed by atoms with Crippen LogP contribution in [0.1, 0.15) is 48.1 Å². The van der Waals surface area contributed by atoms with Crippen LogP contribution in [0.15, 0.2) is 176 Å². The number of nitrogens with one attached hydrogen (secondary N) is 3. The van der Waals surface area contributed by atoms with E-state index in [0.29, 0.717) is 96.2 Å². The number of imidazole rings is 3. The summed E-state index contributed by atoms with van der Waals surface area (Å²) in [5.41, 5.74) is 33.0. The fourth-order valence-corrected chi connectivity index (χ4v) is 130. The Morgan fingerprint density at radius 1 is 0.500 bits per heavy atom. The highest BCUT2D eigenvalue weighted by Crippen LogP contribution is 3.16. The average Bonchev–Trinajstić information content (AvgIpc) is 1.63. The number of halogens is 4. The van der Waals surface area contributed by atoms with Gasteiger partial charge in [0.15, 0.2) is 34.7 Å². The fourth-order valence-electron chi connectivity index (χ4n) is 11.7. The molecule has 672 valence electrons. The first-order chi connectivity index (χ1) is 60.0. The van der Waals surface area contributed by atoms with Crippen LogP contribution < -0.4 is 32.4 Å². The summed E-state index contributed by atoms with van der Waals surface area (Å²) in [6, 6.07) is 48.8. The molecule has 0 aliphatic carbocycles. The number of H-pyrrole nitrogens is 3. The normalized spacial score (nSPS) is 11.1. The van der Waals surface area contributed by atoms with E-state index in [1.165, 1.54) is 52.2 Å². The number of methoxy groups -OCH3 is 2. The van der Waals surface area contributed by atoms with Crippen LogP contribution in [0.25, 0.3) is 122 Å². The van der Waals surface area contributed by atoms with Crippen molar-refractivity contribution in [2.24, 2.45) is 39.7 Å². The predicted octanol–water partition coefficient (Wildman–Crippen LogP) is 24.9. The molecule has 15 aromatic rings. The van der Waals surface area contributed by atoms with Gasteiger partial charge in [-0.3, -0.25) is 28.3 Å². The molecule has 8 aromatic carbocycles. The predicted molar refractivity (Wildman–Crippen MR) is 571 cm³/mol. The third-order valence-corrected chi connectivity index (χ3v) is 115. The summed E-state index contributed by atoms with van der Waals surface area (Å²) < 4.78 is 72.4. The average molecular weight is 2090 g/mol. The molecule has 128 heavy (non-hydrogen) atoms. The van der Waals surface area contributed by atoms with Gasteiger partial charge in [0.1, 0.15) is 57.4 Å². The van der Waals surface area contributed by atoms with Gasteiger partial charge in [-0.2, -0.15) is 30.0 Å². The SMILES string of the molecule is C.C.CCc1cn(C)nc1-c1ccccc1.COc1c(-c2ccccc2)nn(C)c1-c1nc2cc(C(N)=O)c(F)cc2[nH]1.Cn1nc(-c2ccccc2)c(O)c1-c1nc2cc(C(N)=O)c(F)cc2[nH]1.O=C=O.PP(P)P(P)P(P(P)P)P(P)P.PPP(P)P(P)P.[C-]#[N+]c1cc(N)c(N)cc1F.[C-]#[N+]c1cc2[nH]c(-c3c(OC)c(-c4ccccc4)nn3C)nc2cc1F. The number of rotatable bonds is 18. The number of hydrogen-bond acceptors (Lipinski definition) is 16. The number of amides is 2. The number of ether oxygens (including phenoxy) is 2. The zero-order chi connectivity index (χ0) is 92.7. The van der Waals surface area contributed by atoms with Gasteiger partial charge >= 0.3 is 6.15 Å². The van der Waals surface area contributed by atoms with Crippen LogP contribution in [0.3, 0.4) is 0 Å². The summed E-state index contributed by atoms with van der Waals surface area (Å²) in [4.78, 5) is 67.4. The van der Waals surface area contributed by atoms with E-state index in [2.05, 4.69) is 183 Å². The molecule has 0 spiro atoms. The minimum Gasteiger partial charge on any atom is -0.504 e. The van der Waals surface area contributed by atoms with Crippen LogP contribution in [0.5, 0.6) is 17.2 Å². The number of aromatic amines is 3. The molecule has 0 saturated heterocycles. The minimum absolute atomic E-state index is 0. The first kappa shape index (κ1) is 110. The van der Waals surface area contributed by atoms with Gasteiger partial charge in [0.2, 0.25) is 11.4 Å². The van der Waals surface area contributed by atoms with E-state index < -0.39 is 35.1 Å². The van der Waals surface area contributed by atoms with Crippen molar-refractivity contribution in [3.8, 4) is 96.8 Å². The lowest BCUT2D eigenvalue weighted by Crippen LogP contribution is -2.12. The molecule has 14 unspecified atom stereocenters. The van der Waals surface area contributed by atoms with Gasteiger partial charge in [0.25, 0.3) is 11.8 Å². The smallest absolute Gasteiger partial charge is 0.373 e. The summed E-state index contributed by atoms with van der Waals surface area (Å²) in [7, 11) is 43.8. The fraction of sp³-hybridized carbons (Fsp3) is 0.128. The molecule has 0 fully saturated rings. The third kappa shape index (κ3) is 28.6. The first-order valence-electron chi connectivity index (χ1n) is 36.0. The summed E-state index contributed by atoms with van der Waals surface area (Å²) >= 11 is 0. The molecule has 12 N–H and O–H groups in total. The Hall–Kier alpha value is -6.80.